The molecule has 1 fully saturated rings. The molecule has 0 saturated heterocycles. The number of para-hydroxylation sites is 1. The van der Waals surface area contributed by atoms with Crippen LogP contribution in [0.1, 0.15) is 49.3 Å². The zero-order chi connectivity index (χ0) is 29.4. The number of amides is 2. The number of rotatable bonds is 12. The van der Waals surface area contributed by atoms with Crippen LogP contribution in [-0.4, -0.2) is 50.0 Å². The second-order valence-corrected chi connectivity index (χ2v) is 12.5. The van der Waals surface area contributed by atoms with Crippen molar-refractivity contribution >= 4 is 27.5 Å². The van der Waals surface area contributed by atoms with Crippen molar-refractivity contribution in [2.24, 2.45) is 0 Å². The highest BCUT2D eigenvalue weighted by Gasteiger charge is 2.35. The van der Waals surface area contributed by atoms with Gasteiger partial charge in [-0.3, -0.25) is 13.9 Å². The highest BCUT2D eigenvalue weighted by molar-refractivity contribution is 7.92. The number of sulfonamides is 1. The van der Waals surface area contributed by atoms with Gasteiger partial charge in [0.15, 0.2) is 0 Å². The molecule has 7 nitrogen and oxygen atoms in total. The Labute approximate surface area is 242 Å². The monoisotopic (exact) mass is 579 g/mol. The fraction of sp³-hybridized carbons (Fsp3) is 0.375. The van der Waals surface area contributed by atoms with E-state index in [2.05, 4.69) is 5.32 Å². The molecular formula is C32H38FN3O4S. The molecule has 1 aliphatic carbocycles. The molecule has 0 radical (unpaired) electrons. The van der Waals surface area contributed by atoms with Gasteiger partial charge in [0.05, 0.1) is 11.9 Å². The lowest BCUT2D eigenvalue weighted by Gasteiger charge is -2.34. The Morgan fingerprint density at radius 2 is 1.54 bits per heavy atom. The molecule has 4 rings (SSSR count). The average molecular weight is 580 g/mol. The second-order valence-electron chi connectivity index (χ2n) is 10.6. The summed E-state index contributed by atoms with van der Waals surface area (Å²) in [6.07, 6.45) is 5.59. The minimum absolute atomic E-state index is 0.00939. The zero-order valence-electron chi connectivity index (χ0n) is 23.6. The van der Waals surface area contributed by atoms with Crippen molar-refractivity contribution in [1.29, 1.82) is 0 Å². The van der Waals surface area contributed by atoms with Gasteiger partial charge < -0.3 is 10.2 Å². The van der Waals surface area contributed by atoms with E-state index in [1.54, 1.807) is 30.3 Å². The van der Waals surface area contributed by atoms with E-state index in [9.17, 15) is 22.4 Å². The van der Waals surface area contributed by atoms with Crippen molar-refractivity contribution in [2.75, 3.05) is 17.1 Å². The lowest BCUT2D eigenvalue weighted by atomic mass is 10.0. The quantitative estimate of drug-likeness (QED) is 0.332. The van der Waals surface area contributed by atoms with E-state index in [1.807, 2.05) is 49.4 Å². The van der Waals surface area contributed by atoms with Gasteiger partial charge in [-0.1, -0.05) is 86.5 Å². The van der Waals surface area contributed by atoms with E-state index in [-0.39, 0.29) is 30.5 Å². The molecule has 3 aromatic carbocycles. The minimum Gasteiger partial charge on any atom is -0.352 e. The molecule has 2 amide bonds. The second kappa shape index (κ2) is 13.8. The van der Waals surface area contributed by atoms with E-state index in [4.69, 9.17) is 0 Å². The number of benzene rings is 3. The van der Waals surface area contributed by atoms with E-state index >= 15 is 0 Å². The number of anilines is 1. The predicted molar refractivity (Wildman–Crippen MR) is 159 cm³/mol. The smallest absolute Gasteiger partial charge is 0.244 e. The molecule has 1 aliphatic rings. The summed E-state index contributed by atoms with van der Waals surface area (Å²) < 4.78 is 42.0. The summed E-state index contributed by atoms with van der Waals surface area (Å²) in [6, 6.07) is 21.5. The summed E-state index contributed by atoms with van der Waals surface area (Å²) in [5.41, 5.74) is 2.26. The van der Waals surface area contributed by atoms with Crippen molar-refractivity contribution in [1.82, 2.24) is 10.2 Å². The van der Waals surface area contributed by atoms with E-state index in [0.29, 0.717) is 12.1 Å². The third-order valence-electron chi connectivity index (χ3n) is 7.59. The van der Waals surface area contributed by atoms with Crippen molar-refractivity contribution in [3.63, 3.8) is 0 Å². The van der Waals surface area contributed by atoms with Gasteiger partial charge in [-0.25, -0.2) is 12.8 Å². The molecule has 9 heteroatoms. The van der Waals surface area contributed by atoms with Crippen LogP contribution in [0.15, 0.2) is 78.9 Å². The van der Waals surface area contributed by atoms with Gasteiger partial charge in [-0.05, 0) is 42.5 Å². The fourth-order valence-electron chi connectivity index (χ4n) is 5.38. The first-order valence-corrected chi connectivity index (χ1v) is 15.9. The highest BCUT2D eigenvalue weighted by Crippen LogP contribution is 2.25. The van der Waals surface area contributed by atoms with Gasteiger partial charge in [0.1, 0.15) is 18.4 Å². The summed E-state index contributed by atoms with van der Waals surface area (Å²) in [5.74, 6) is -1.42. The molecule has 218 valence electrons. The normalized spacial score (nSPS) is 14.4. The molecule has 1 atom stereocenters. The Kier molecular flexibility index (Phi) is 10.2. The molecule has 0 aliphatic heterocycles. The molecule has 0 spiro atoms. The first kappa shape index (κ1) is 30.2. The van der Waals surface area contributed by atoms with Gasteiger partial charge in [0.25, 0.3) is 0 Å². The van der Waals surface area contributed by atoms with Crippen LogP contribution in [0.2, 0.25) is 0 Å². The number of hydrogen-bond donors (Lipinski definition) is 1. The van der Waals surface area contributed by atoms with Crippen LogP contribution < -0.4 is 9.62 Å². The van der Waals surface area contributed by atoms with Gasteiger partial charge >= 0.3 is 0 Å². The minimum atomic E-state index is -3.87. The summed E-state index contributed by atoms with van der Waals surface area (Å²) >= 11 is 0. The standard InChI is InChI=1S/C32H38FN3O4S/c1-3-25-15-8-12-20-29(25)36(41(2,39)40)23-31(37)35(22-26-16-7-11-19-28(26)33)30(21-24-13-5-4-6-14-24)32(38)34-27-17-9-10-18-27/h4-8,11-16,19-20,27,30H,3,9-10,17-18,21-23H2,1-2H3,(H,34,38). The van der Waals surface area contributed by atoms with Crippen LogP contribution in [0.5, 0.6) is 0 Å². The Morgan fingerprint density at radius 1 is 0.927 bits per heavy atom. The van der Waals surface area contributed by atoms with Crippen molar-refractivity contribution in [3.8, 4) is 0 Å². The Balaban J connectivity index is 1.75. The lowest BCUT2D eigenvalue weighted by Crippen LogP contribution is -2.54. The topological polar surface area (TPSA) is 86.8 Å². The molecule has 1 saturated carbocycles. The van der Waals surface area contributed by atoms with E-state index < -0.39 is 34.3 Å². The summed E-state index contributed by atoms with van der Waals surface area (Å²) in [7, 11) is -3.87. The predicted octanol–water partition coefficient (Wildman–Crippen LogP) is 4.85. The van der Waals surface area contributed by atoms with Crippen LogP contribution in [0.25, 0.3) is 0 Å². The molecule has 0 bridgehead atoms. The molecular weight excluding hydrogens is 541 g/mol. The SMILES string of the molecule is CCc1ccccc1N(CC(=O)N(Cc1ccccc1F)C(Cc1ccccc1)C(=O)NC1CCCC1)S(C)(=O)=O. The maximum Gasteiger partial charge on any atom is 0.244 e. The van der Waals surface area contributed by atoms with Crippen LogP contribution >= 0.6 is 0 Å². The molecule has 1 N–H and O–H groups in total. The summed E-state index contributed by atoms with van der Waals surface area (Å²) in [5, 5.41) is 3.11. The van der Waals surface area contributed by atoms with E-state index in [1.165, 1.54) is 11.0 Å². The lowest BCUT2D eigenvalue weighted by molar-refractivity contribution is -0.140. The van der Waals surface area contributed by atoms with Gasteiger partial charge in [-0.2, -0.15) is 0 Å². The maximum atomic E-state index is 14.9. The highest BCUT2D eigenvalue weighted by atomic mass is 32.2. The number of carbonyl (C=O) groups excluding carboxylic acids is 2. The van der Waals surface area contributed by atoms with Crippen LogP contribution in [0.4, 0.5) is 10.1 Å². The number of aryl methyl sites for hydroxylation is 1. The number of hydrogen-bond acceptors (Lipinski definition) is 4. The van der Waals surface area contributed by atoms with Crippen LogP contribution in [0.3, 0.4) is 0 Å². The number of carbonyl (C=O) groups is 2. The molecule has 0 heterocycles. The van der Waals surface area contributed by atoms with Gasteiger partial charge in [0, 0.05) is 24.6 Å². The van der Waals surface area contributed by atoms with Crippen LogP contribution in [-0.2, 0) is 39.0 Å². The van der Waals surface area contributed by atoms with Crippen molar-refractivity contribution in [2.45, 2.75) is 64.1 Å². The Hall–Kier alpha value is -3.72. The fourth-order valence-corrected chi connectivity index (χ4v) is 6.26. The largest absolute Gasteiger partial charge is 0.352 e. The zero-order valence-corrected chi connectivity index (χ0v) is 24.4. The number of nitrogens with zero attached hydrogens (tertiary/aromatic N) is 2. The molecule has 0 aromatic heterocycles. The van der Waals surface area contributed by atoms with Crippen molar-refractivity contribution in [3.05, 3.63) is 101 Å². The molecule has 3 aromatic rings. The van der Waals surface area contributed by atoms with Gasteiger partial charge in [0.2, 0.25) is 21.8 Å². The molecule has 1 unspecified atom stereocenters. The number of halogens is 1. The maximum absolute atomic E-state index is 14.9. The summed E-state index contributed by atoms with van der Waals surface area (Å²) in [6.45, 7) is 1.20. The third-order valence-corrected chi connectivity index (χ3v) is 8.72. The van der Waals surface area contributed by atoms with Crippen molar-refractivity contribution < 1.29 is 22.4 Å². The van der Waals surface area contributed by atoms with Gasteiger partial charge in [-0.15, -0.1) is 0 Å². The van der Waals surface area contributed by atoms with E-state index in [0.717, 1.165) is 47.4 Å². The average Bonchev–Trinajstić information content (AvgIpc) is 3.47. The third kappa shape index (κ3) is 7.94. The Morgan fingerprint density at radius 3 is 2.17 bits per heavy atom. The first-order chi connectivity index (χ1) is 19.7. The molecule has 41 heavy (non-hydrogen) atoms. The Bertz CT molecular complexity index is 1440. The summed E-state index contributed by atoms with van der Waals surface area (Å²) in [4.78, 5) is 29.4. The number of nitrogens with one attached hydrogen (secondary N) is 1. The first-order valence-electron chi connectivity index (χ1n) is 14.1. The van der Waals surface area contributed by atoms with Crippen LogP contribution in [0, 0.1) is 5.82 Å².